The summed E-state index contributed by atoms with van der Waals surface area (Å²) in [4.78, 5) is 10.8. The SMILES string of the molecule is C=C(CC(O)COC)C(=O)OC. The lowest BCUT2D eigenvalue weighted by atomic mass is 10.1. The summed E-state index contributed by atoms with van der Waals surface area (Å²) in [6.45, 7) is 3.65. The topological polar surface area (TPSA) is 55.8 Å². The van der Waals surface area contributed by atoms with Crippen LogP contribution in [0.1, 0.15) is 6.42 Å². The average Bonchev–Trinajstić information content (AvgIpc) is 2.03. The van der Waals surface area contributed by atoms with Gasteiger partial charge in [-0.3, -0.25) is 0 Å². The van der Waals surface area contributed by atoms with Crippen LogP contribution >= 0.6 is 0 Å². The maximum atomic E-state index is 10.8. The Morgan fingerprint density at radius 2 is 2.17 bits per heavy atom. The number of hydrogen-bond donors (Lipinski definition) is 1. The fourth-order valence-corrected chi connectivity index (χ4v) is 0.763. The molecule has 0 aromatic heterocycles. The molecule has 0 aromatic carbocycles. The second kappa shape index (κ2) is 5.74. The minimum absolute atomic E-state index is 0.181. The number of ether oxygens (including phenoxy) is 2. The molecule has 0 rings (SSSR count). The van der Waals surface area contributed by atoms with Gasteiger partial charge in [-0.2, -0.15) is 0 Å². The van der Waals surface area contributed by atoms with Gasteiger partial charge < -0.3 is 14.6 Å². The molecule has 0 fully saturated rings. The molecule has 0 saturated carbocycles. The Kier molecular flexibility index (Phi) is 5.32. The number of aliphatic hydroxyl groups is 1. The molecule has 0 aromatic rings. The van der Waals surface area contributed by atoms with E-state index in [1.165, 1.54) is 14.2 Å². The van der Waals surface area contributed by atoms with Gasteiger partial charge in [-0.15, -0.1) is 0 Å². The minimum atomic E-state index is -0.693. The first-order valence-electron chi connectivity index (χ1n) is 3.55. The molecule has 12 heavy (non-hydrogen) atoms. The van der Waals surface area contributed by atoms with Gasteiger partial charge in [0.2, 0.25) is 0 Å². The molecule has 0 heterocycles. The molecule has 4 heteroatoms. The molecule has 0 aliphatic heterocycles. The van der Waals surface area contributed by atoms with Crippen LogP contribution in [0.4, 0.5) is 0 Å². The van der Waals surface area contributed by atoms with Crippen LogP contribution in [0.5, 0.6) is 0 Å². The third kappa shape index (κ3) is 4.10. The Morgan fingerprint density at radius 1 is 1.58 bits per heavy atom. The van der Waals surface area contributed by atoms with Crippen molar-refractivity contribution in [2.24, 2.45) is 0 Å². The highest BCUT2D eigenvalue weighted by Gasteiger charge is 2.12. The predicted molar refractivity (Wildman–Crippen MR) is 43.7 cm³/mol. The van der Waals surface area contributed by atoms with E-state index in [4.69, 9.17) is 0 Å². The Morgan fingerprint density at radius 3 is 2.58 bits per heavy atom. The summed E-state index contributed by atoms with van der Waals surface area (Å²) < 4.78 is 9.08. The van der Waals surface area contributed by atoms with Crippen molar-refractivity contribution in [2.75, 3.05) is 20.8 Å². The molecule has 1 atom stereocenters. The Hall–Kier alpha value is -0.870. The van der Waals surface area contributed by atoms with Gasteiger partial charge in [-0.1, -0.05) is 6.58 Å². The Labute approximate surface area is 71.8 Å². The van der Waals surface area contributed by atoms with Crippen LogP contribution in [0, 0.1) is 0 Å². The van der Waals surface area contributed by atoms with Crippen LogP contribution in [-0.2, 0) is 14.3 Å². The van der Waals surface area contributed by atoms with E-state index in [0.717, 1.165) is 0 Å². The zero-order chi connectivity index (χ0) is 9.56. The lowest BCUT2D eigenvalue weighted by Gasteiger charge is -2.09. The standard InChI is InChI=1S/C8H14O4/c1-6(8(10)12-3)4-7(9)5-11-2/h7,9H,1,4-5H2,2-3H3. The van der Waals surface area contributed by atoms with Crippen LogP contribution in [-0.4, -0.2) is 38.0 Å². The summed E-state index contributed by atoms with van der Waals surface area (Å²) in [5, 5.41) is 9.17. The normalized spacial score (nSPS) is 12.2. The van der Waals surface area contributed by atoms with Crippen LogP contribution in [0.3, 0.4) is 0 Å². The summed E-state index contributed by atoms with van der Waals surface area (Å²) in [6, 6.07) is 0. The number of hydrogen-bond acceptors (Lipinski definition) is 4. The lowest BCUT2D eigenvalue weighted by Crippen LogP contribution is -2.17. The molecular formula is C8H14O4. The highest BCUT2D eigenvalue weighted by Crippen LogP contribution is 2.04. The largest absolute Gasteiger partial charge is 0.466 e. The summed E-state index contributed by atoms with van der Waals surface area (Å²) >= 11 is 0. The van der Waals surface area contributed by atoms with Gasteiger partial charge in [0.15, 0.2) is 0 Å². The van der Waals surface area contributed by atoms with Crippen molar-refractivity contribution in [1.82, 2.24) is 0 Å². The smallest absolute Gasteiger partial charge is 0.333 e. The molecule has 0 spiro atoms. The Balaban J connectivity index is 3.76. The monoisotopic (exact) mass is 174 g/mol. The zero-order valence-corrected chi connectivity index (χ0v) is 7.37. The van der Waals surface area contributed by atoms with E-state index in [2.05, 4.69) is 16.1 Å². The van der Waals surface area contributed by atoms with Crippen LogP contribution in [0.2, 0.25) is 0 Å². The van der Waals surface area contributed by atoms with Crippen LogP contribution < -0.4 is 0 Å². The fraction of sp³-hybridized carbons (Fsp3) is 0.625. The molecule has 1 unspecified atom stereocenters. The predicted octanol–water partition coefficient (Wildman–Crippen LogP) is 0.113. The molecule has 70 valence electrons. The summed E-state index contributed by atoms with van der Waals surface area (Å²) in [5.74, 6) is -0.495. The van der Waals surface area contributed by atoms with Crippen molar-refractivity contribution in [3.05, 3.63) is 12.2 Å². The number of methoxy groups -OCH3 is 2. The highest BCUT2D eigenvalue weighted by atomic mass is 16.5. The third-order valence-corrected chi connectivity index (χ3v) is 1.32. The number of carbonyl (C=O) groups is 1. The molecule has 0 saturated heterocycles. The highest BCUT2D eigenvalue weighted by molar-refractivity contribution is 5.87. The lowest BCUT2D eigenvalue weighted by molar-refractivity contribution is -0.136. The number of rotatable bonds is 5. The van der Waals surface area contributed by atoms with E-state index >= 15 is 0 Å². The van der Waals surface area contributed by atoms with Gasteiger partial charge in [-0.25, -0.2) is 4.79 Å². The molecule has 0 radical (unpaired) electrons. The molecule has 1 N–H and O–H groups in total. The van der Waals surface area contributed by atoms with Crippen molar-refractivity contribution < 1.29 is 19.4 Å². The molecule has 0 amide bonds. The molecule has 0 aliphatic rings. The number of aliphatic hydroxyl groups excluding tert-OH is 1. The Bertz CT molecular complexity index is 164. The van der Waals surface area contributed by atoms with E-state index in [-0.39, 0.29) is 18.6 Å². The first kappa shape index (κ1) is 11.1. The minimum Gasteiger partial charge on any atom is -0.466 e. The van der Waals surface area contributed by atoms with Gasteiger partial charge in [0.05, 0.1) is 19.8 Å². The summed E-state index contributed by atoms with van der Waals surface area (Å²) in [5.41, 5.74) is 0.252. The number of esters is 1. The summed E-state index contributed by atoms with van der Waals surface area (Å²) in [6.07, 6.45) is -0.512. The molecule has 0 bridgehead atoms. The quantitative estimate of drug-likeness (QED) is 0.475. The van der Waals surface area contributed by atoms with Crippen molar-refractivity contribution in [3.63, 3.8) is 0 Å². The van der Waals surface area contributed by atoms with E-state index in [1.54, 1.807) is 0 Å². The zero-order valence-electron chi connectivity index (χ0n) is 7.37. The van der Waals surface area contributed by atoms with Gasteiger partial charge >= 0.3 is 5.97 Å². The first-order chi connectivity index (χ1) is 5.61. The second-order valence-corrected chi connectivity index (χ2v) is 2.41. The van der Waals surface area contributed by atoms with Crippen molar-refractivity contribution in [1.29, 1.82) is 0 Å². The fourth-order valence-electron chi connectivity index (χ4n) is 0.763. The molecule has 0 aliphatic carbocycles. The van der Waals surface area contributed by atoms with Crippen molar-refractivity contribution >= 4 is 5.97 Å². The van der Waals surface area contributed by atoms with Crippen molar-refractivity contribution in [2.45, 2.75) is 12.5 Å². The van der Waals surface area contributed by atoms with Crippen molar-refractivity contribution in [3.8, 4) is 0 Å². The first-order valence-corrected chi connectivity index (χ1v) is 3.55. The van der Waals surface area contributed by atoms with E-state index in [9.17, 15) is 9.90 Å². The van der Waals surface area contributed by atoms with E-state index < -0.39 is 12.1 Å². The molecule has 4 nitrogen and oxygen atoms in total. The number of carbonyl (C=O) groups excluding carboxylic acids is 1. The van der Waals surface area contributed by atoms with Crippen LogP contribution in [0.15, 0.2) is 12.2 Å². The van der Waals surface area contributed by atoms with Gasteiger partial charge in [0.25, 0.3) is 0 Å². The van der Waals surface area contributed by atoms with Gasteiger partial charge in [0.1, 0.15) is 0 Å². The van der Waals surface area contributed by atoms with E-state index in [0.29, 0.717) is 0 Å². The summed E-state index contributed by atoms with van der Waals surface area (Å²) in [7, 11) is 2.75. The van der Waals surface area contributed by atoms with Crippen LogP contribution in [0.25, 0.3) is 0 Å². The second-order valence-electron chi connectivity index (χ2n) is 2.41. The molecular weight excluding hydrogens is 160 g/mol. The maximum absolute atomic E-state index is 10.8. The van der Waals surface area contributed by atoms with Gasteiger partial charge in [-0.05, 0) is 0 Å². The third-order valence-electron chi connectivity index (χ3n) is 1.32. The average molecular weight is 174 g/mol. The van der Waals surface area contributed by atoms with E-state index in [1.807, 2.05) is 0 Å². The van der Waals surface area contributed by atoms with Gasteiger partial charge in [0, 0.05) is 19.1 Å². The maximum Gasteiger partial charge on any atom is 0.333 e.